The highest BCUT2D eigenvalue weighted by atomic mass is 16.3. The quantitative estimate of drug-likeness (QED) is 0.744. The number of aliphatic hydroxyl groups is 1. The normalized spacial score (nSPS) is 19.2. The molecule has 150 valence electrons. The number of amides is 2. The summed E-state index contributed by atoms with van der Waals surface area (Å²) in [5.74, 6) is -0.209. The summed E-state index contributed by atoms with van der Waals surface area (Å²) in [6.45, 7) is 2.64. The fourth-order valence-corrected chi connectivity index (χ4v) is 4.07. The van der Waals surface area contributed by atoms with Crippen LogP contribution >= 0.6 is 0 Å². The van der Waals surface area contributed by atoms with Crippen LogP contribution in [0.2, 0.25) is 0 Å². The summed E-state index contributed by atoms with van der Waals surface area (Å²) in [6, 6.07) is 13.8. The molecular weight excluding hydrogens is 368 g/mol. The van der Waals surface area contributed by atoms with Crippen LogP contribution in [-0.4, -0.2) is 65.2 Å². The molecule has 3 aliphatic rings. The van der Waals surface area contributed by atoms with Crippen molar-refractivity contribution in [2.45, 2.75) is 18.4 Å². The van der Waals surface area contributed by atoms with Crippen molar-refractivity contribution in [3.05, 3.63) is 48.0 Å². The minimum atomic E-state index is -1.13. The molecule has 2 heterocycles. The molecule has 3 N–H and O–H groups in total. The Labute approximate surface area is 169 Å². The van der Waals surface area contributed by atoms with Crippen molar-refractivity contribution in [2.24, 2.45) is 0 Å². The molecule has 1 aliphatic carbocycles. The van der Waals surface area contributed by atoms with Gasteiger partial charge in [-0.25, -0.2) is 0 Å². The van der Waals surface area contributed by atoms with E-state index in [-0.39, 0.29) is 11.8 Å². The topological polar surface area (TPSA) is 84.9 Å². The molecule has 2 fully saturated rings. The van der Waals surface area contributed by atoms with Crippen molar-refractivity contribution in [2.75, 3.05) is 43.5 Å². The van der Waals surface area contributed by atoms with Crippen LogP contribution in [0.3, 0.4) is 0 Å². The standard InChI is InChI=1S/C22H24N4O3/c27-20(25-10-12-26(13-11-25)21(28)22(29)8-9-22)16-6-4-15(5-7-16)17-2-1-3-18-19(17)24-14-23-18/h1-7,23-24,29H,8-14H2. The van der Waals surface area contributed by atoms with Crippen LogP contribution in [0.4, 0.5) is 11.4 Å². The fourth-order valence-electron chi connectivity index (χ4n) is 4.07. The molecular formula is C22H24N4O3. The highest BCUT2D eigenvalue weighted by Gasteiger charge is 2.50. The second kappa shape index (κ2) is 6.77. The van der Waals surface area contributed by atoms with Gasteiger partial charge in [0.25, 0.3) is 11.8 Å². The third kappa shape index (κ3) is 3.21. The van der Waals surface area contributed by atoms with E-state index in [1.807, 2.05) is 36.4 Å². The third-order valence-electron chi connectivity index (χ3n) is 6.03. The zero-order chi connectivity index (χ0) is 20.0. The first-order valence-electron chi connectivity index (χ1n) is 10.1. The number of carbonyl (C=O) groups excluding carboxylic acids is 2. The maximum absolute atomic E-state index is 12.9. The molecule has 0 spiro atoms. The van der Waals surface area contributed by atoms with E-state index in [9.17, 15) is 14.7 Å². The molecule has 1 saturated heterocycles. The summed E-state index contributed by atoms with van der Waals surface area (Å²) < 4.78 is 0. The molecule has 2 aromatic rings. The number of carbonyl (C=O) groups is 2. The summed E-state index contributed by atoms with van der Waals surface area (Å²) in [4.78, 5) is 28.6. The van der Waals surface area contributed by atoms with E-state index < -0.39 is 5.60 Å². The monoisotopic (exact) mass is 392 g/mol. The molecule has 0 aromatic heterocycles. The molecule has 2 amide bonds. The van der Waals surface area contributed by atoms with Gasteiger partial charge < -0.3 is 25.5 Å². The van der Waals surface area contributed by atoms with Gasteiger partial charge in [-0.2, -0.15) is 0 Å². The second-order valence-corrected chi connectivity index (χ2v) is 7.95. The van der Waals surface area contributed by atoms with Crippen molar-refractivity contribution in [3.63, 3.8) is 0 Å². The molecule has 0 unspecified atom stereocenters. The molecule has 7 heteroatoms. The predicted octanol–water partition coefficient (Wildman–Crippen LogP) is 1.96. The van der Waals surface area contributed by atoms with Gasteiger partial charge in [-0.3, -0.25) is 9.59 Å². The summed E-state index contributed by atoms with van der Waals surface area (Å²) in [7, 11) is 0. The van der Waals surface area contributed by atoms with Gasteiger partial charge in [-0.15, -0.1) is 0 Å². The number of benzene rings is 2. The second-order valence-electron chi connectivity index (χ2n) is 7.95. The van der Waals surface area contributed by atoms with Gasteiger partial charge in [0.15, 0.2) is 0 Å². The lowest BCUT2D eigenvalue weighted by molar-refractivity contribution is -0.143. The number of rotatable bonds is 3. The first-order valence-corrected chi connectivity index (χ1v) is 10.1. The molecule has 5 rings (SSSR count). The minimum Gasteiger partial charge on any atom is -0.380 e. The smallest absolute Gasteiger partial charge is 0.254 e. The van der Waals surface area contributed by atoms with E-state index in [1.165, 1.54) is 0 Å². The van der Waals surface area contributed by atoms with Crippen molar-refractivity contribution < 1.29 is 14.7 Å². The van der Waals surface area contributed by atoms with Gasteiger partial charge in [0.2, 0.25) is 0 Å². The van der Waals surface area contributed by atoms with E-state index >= 15 is 0 Å². The van der Waals surface area contributed by atoms with Gasteiger partial charge in [0.05, 0.1) is 18.0 Å². The third-order valence-corrected chi connectivity index (χ3v) is 6.03. The van der Waals surface area contributed by atoms with Crippen LogP contribution in [0.25, 0.3) is 11.1 Å². The predicted molar refractivity (Wildman–Crippen MR) is 111 cm³/mol. The van der Waals surface area contributed by atoms with Crippen LogP contribution in [0.15, 0.2) is 42.5 Å². The summed E-state index contributed by atoms with van der Waals surface area (Å²) in [6.07, 6.45) is 1.10. The Balaban J connectivity index is 1.26. The van der Waals surface area contributed by atoms with Gasteiger partial charge in [-0.1, -0.05) is 24.3 Å². The molecule has 0 radical (unpaired) electrons. The van der Waals surface area contributed by atoms with E-state index in [0.29, 0.717) is 44.6 Å². The number of nitrogens with one attached hydrogen (secondary N) is 2. The molecule has 29 heavy (non-hydrogen) atoms. The van der Waals surface area contributed by atoms with Crippen LogP contribution in [-0.2, 0) is 4.79 Å². The Morgan fingerprint density at radius 1 is 0.897 bits per heavy atom. The number of anilines is 2. The van der Waals surface area contributed by atoms with Gasteiger partial charge in [0, 0.05) is 37.3 Å². The Hall–Kier alpha value is -3.06. The average Bonchev–Trinajstić information content (AvgIpc) is 3.33. The first kappa shape index (κ1) is 18.0. The molecule has 2 aliphatic heterocycles. The number of fused-ring (bicyclic) bond motifs is 1. The Kier molecular flexibility index (Phi) is 4.20. The number of piperazine rings is 1. The van der Waals surface area contributed by atoms with Crippen molar-refractivity contribution >= 4 is 23.2 Å². The van der Waals surface area contributed by atoms with E-state index in [1.54, 1.807) is 9.80 Å². The largest absolute Gasteiger partial charge is 0.380 e. The van der Waals surface area contributed by atoms with Crippen molar-refractivity contribution in [1.29, 1.82) is 0 Å². The van der Waals surface area contributed by atoms with Crippen LogP contribution < -0.4 is 10.6 Å². The van der Waals surface area contributed by atoms with Crippen molar-refractivity contribution in [1.82, 2.24) is 9.80 Å². The molecule has 1 saturated carbocycles. The molecule has 2 aromatic carbocycles. The maximum atomic E-state index is 12.9. The zero-order valence-electron chi connectivity index (χ0n) is 16.1. The Morgan fingerprint density at radius 3 is 2.28 bits per heavy atom. The van der Waals surface area contributed by atoms with Gasteiger partial charge in [0.1, 0.15) is 5.60 Å². The number of hydrogen-bond donors (Lipinski definition) is 3. The van der Waals surface area contributed by atoms with Crippen molar-refractivity contribution in [3.8, 4) is 11.1 Å². The average molecular weight is 392 g/mol. The first-order chi connectivity index (χ1) is 14.0. The number of hydrogen-bond acceptors (Lipinski definition) is 5. The SMILES string of the molecule is O=C(c1ccc(-c2cccc3c2NCN3)cc1)N1CCN(C(=O)C2(O)CC2)CC1. The highest BCUT2D eigenvalue weighted by Crippen LogP contribution is 2.38. The van der Waals surface area contributed by atoms with E-state index in [4.69, 9.17) is 0 Å². The van der Waals surface area contributed by atoms with Crippen LogP contribution in [0.5, 0.6) is 0 Å². The van der Waals surface area contributed by atoms with Gasteiger partial charge >= 0.3 is 0 Å². The lowest BCUT2D eigenvalue weighted by Gasteiger charge is -2.35. The zero-order valence-corrected chi connectivity index (χ0v) is 16.1. The molecule has 0 atom stereocenters. The Bertz CT molecular complexity index is 961. The lowest BCUT2D eigenvalue weighted by atomic mass is 10.0. The van der Waals surface area contributed by atoms with Crippen LogP contribution in [0.1, 0.15) is 23.2 Å². The highest BCUT2D eigenvalue weighted by molar-refractivity contribution is 5.96. The number of para-hydroxylation sites is 1. The van der Waals surface area contributed by atoms with Crippen LogP contribution in [0, 0.1) is 0 Å². The summed E-state index contributed by atoms with van der Waals surface area (Å²) in [5, 5.41) is 16.6. The summed E-state index contributed by atoms with van der Waals surface area (Å²) in [5.41, 5.74) is 3.85. The maximum Gasteiger partial charge on any atom is 0.254 e. The van der Waals surface area contributed by atoms with Gasteiger partial charge in [-0.05, 0) is 36.6 Å². The fraction of sp³-hybridized carbons (Fsp3) is 0.364. The lowest BCUT2D eigenvalue weighted by Crippen LogP contribution is -2.53. The van der Waals surface area contributed by atoms with E-state index in [0.717, 1.165) is 29.2 Å². The van der Waals surface area contributed by atoms with E-state index in [2.05, 4.69) is 16.7 Å². The summed E-state index contributed by atoms with van der Waals surface area (Å²) >= 11 is 0. The molecule has 0 bridgehead atoms. The number of nitrogens with zero attached hydrogens (tertiary/aromatic N) is 2. The Morgan fingerprint density at radius 2 is 1.59 bits per heavy atom. The minimum absolute atomic E-state index is 0.0214. The molecule has 7 nitrogen and oxygen atoms in total.